The Hall–Kier alpha value is -0.800. The molecule has 0 radical (unpaired) electrons. The van der Waals surface area contributed by atoms with E-state index in [1.165, 1.54) is 24.9 Å². The third-order valence-electron chi connectivity index (χ3n) is 7.40. The zero-order chi connectivity index (χ0) is 19.9. The molecule has 4 heteroatoms. The summed E-state index contributed by atoms with van der Waals surface area (Å²) in [5.41, 5.74) is 3.86. The Morgan fingerprint density at radius 1 is 0.931 bits per heavy atom. The first-order valence-corrected chi connectivity index (χ1v) is 11.4. The smallest absolute Gasteiger partial charge is 0.0925 e. The lowest BCUT2D eigenvalue weighted by Gasteiger charge is -2.46. The SMILES string of the molecule is CC1(C)CC(c2ccccc2N2CCN(CC3CC3CF)CC2)CC(C)(C)C1.Cl. The van der Waals surface area contributed by atoms with E-state index >= 15 is 0 Å². The summed E-state index contributed by atoms with van der Waals surface area (Å²) < 4.78 is 12.8. The Bertz CT molecular complexity index is 665. The van der Waals surface area contributed by atoms with Gasteiger partial charge in [-0.2, -0.15) is 0 Å². The molecule has 1 saturated heterocycles. The molecule has 0 bridgehead atoms. The summed E-state index contributed by atoms with van der Waals surface area (Å²) in [7, 11) is 0. The van der Waals surface area contributed by atoms with Gasteiger partial charge in [0.2, 0.25) is 0 Å². The number of hydrogen-bond donors (Lipinski definition) is 0. The second kappa shape index (κ2) is 8.75. The van der Waals surface area contributed by atoms with Crippen LogP contribution in [0, 0.1) is 22.7 Å². The van der Waals surface area contributed by atoms with Crippen LogP contribution in [0.15, 0.2) is 24.3 Å². The molecule has 1 aromatic carbocycles. The van der Waals surface area contributed by atoms with Crippen LogP contribution < -0.4 is 4.90 Å². The molecule has 2 aliphatic carbocycles. The Kier molecular flexibility index (Phi) is 6.90. The summed E-state index contributed by atoms with van der Waals surface area (Å²) in [6.07, 6.45) is 5.00. The highest BCUT2D eigenvalue weighted by Crippen LogP contribution is 2.53. The molecule has 2 unspecified atom stereocenters. The topological polar surface area (TPSA) is 6.48 Å². The van der Waals surface area contributed by atoms with Crippen molar-refractivity contribution >= 4 is 18.1 Å². The van der Waals surface area contributed by atoms with Gasteiger partial charge in [0.1, 0.15) is 0 Å². The molecule has 2 saturated carbocycles. The van der Waals surface area contributed by atoms with Crippen molar-refractivity contribution in [2.75, 3.05) is 44.3 Å². The van der Waals surface area contributed by atoms with Crippen LogP contribution >= 0.6 is 12.4 Å². The molecule has 2 atom stereocenters. The summed E-state index contributed by atoms with van der Waals surface area (Å²) in [6, 6.07) is 9.17. The van der Waals surface area contributed by atoms with Crippen LogP contribution in [0.2, 0.25) is 0 Å². The highest BCUT2D eigenvalue weighted by molar-refractivity contribution is 5.85. The zero-order valence-electron chi connectivity index (χ0n) is 18.8. The number of nitrogens with zero attached hydrogens (tertiary/aromatic N) is 2. The van der Waals surface area contributed by atoms with Crippen molar-refractivity contribution in [2.24, 2.45) is 22.7 Å². The van der Waals surface area contributed by atoms with E-state index < -0.39 is 0 Å². The van der Waals surface area contributed by atoms with E-state index in [1.54, 1.807) is 5.56 Å². The van der Waals surface area contributed by atoms with Crippen LogP contribution in [-0.2, 0) is 0 Å². The van der Waals surface area contributed by atoms with Crippen LogP contribution in [0.3, 0.4) is 0 Å². The maximum Gasteiger partial charge on any atom is 0.0925 e. The van der Waals surface area contributed by atoms with Crippen molar-refractivity contribution in [3.63, 3.8) is 0 Å². The molecule has 164 valence electrons. The number of benzene rings is 1. The predicted octanol–water partition coefficient (Wildman–Crippen LogP) is 6.16. The quantitative estimate of drug-likeness (QED) is 0.560. The first kappa shape index (κ1) is 22.9. The lowest BCUT2D eigenvalue weighted by Crippen LogP contribution is -2.47. The van der Waals surface area contributed by atoms with E-state index in [2.05, 4.69) is 61.8 Å². The van der Waals surface area contributed by atoms with Crippen molar-refractivity contribution in [1.82, 2.24) is 4.90 Å². The molecule has 0 N–H and O–H groups in total. The van der Waals surface area contributed by atoms with Gasteiger partial charge in [0.05, 0.1) is 6.67 Å². The fraction of sp³-hybridized carbons (Fsp3) is 0.760. The molecule has 1 aliphatic heterocycles. The minimum Gasteiger partial charge on any atom is -0.369 e. The summed E-state index contributed by atoms with van der Waals surface area (Å²) in [5, 5.41) is 0. The van der Waals surface area contributed by atoms with E-state index in [1.807, 2.05) is 0 Å². The van der Waals surface area contributed by atoms with Gasteiger partial charge in [0.15, 0.2) is 0 Å². The Morgan fingerprint density at radius 2 is 1.55 bits per heavy atom. The molecular weight excluding hydrogens is 383 g/mol. The lowest BCUT2D eigenvalue weighted by atomic mass is 9.60. The summed E-state index contributed by atoms with van der Waals surface area (Å²) in [4.78, 5) is 5.17. The summed E-state index contributed by atoms with van der Waals surface area (Å²) >= 11 is 0. The van der Waals surface area contributed by atoms with Crippen LogP contribution in [0.25, 0.3) is 0 Å². The van der Waals surface area contributed by atoms with Crippen molar-refractivity contribution in [3.05, 3.63) is 29.8 Å². The minimum absolute atomic E-state index is 0. The number of piperazine rings is 1. The Labute approximate surface area is 183 Å². The summed E-state index contributed by atoms with van der Waals surface area (Å²) in [6.45, 7) is 15.2. The largest absolute Gasteiger partial charge is 0.369 e. The van der Waals surface area contributed by atoms with Gasteiger partial charge in [0.25, 0.3) is 0 Å². The third-order valence-corrected chi connectivity index (χ3v) is 7.40. The number of halogens is 2. The molecule has 1 aromatic rings. The molecular formula is C25H40ClFN2. The van der Waals surface area contributed by atoms with Crippen LogP contribution in [0.4, 0.5) is 10.1 Å². The molecule has 1 heterocycles. The lowest BCUT2D eigenvalue weighted by molar-refractivity contribution is 0.0970. The van der Waals surface area contributed by atoms with E-state index in [-0.39, 0.29) is 19.1 Å². The van der Waals surface area contributed by atoms with Gasteiger partial charge in [-0.05, 0) is 65.9 Å². The van der Waals surface area contributed by atoms with E-state index in [9.17, 15) is 4.39 Å². The summed E-state index contributed by atoms with van der Waals surface area (Å²) in [5.74, 6) is 1.64. The monoisotopic (exact) mass is 422 g/mol. The number of para-hydroxylation sites is 1. The van der Waals surface area contributed by atoms with Gasteiger partial charge in [-0.3, -0.25) is 9.29 Å². The predicted molar refractivity (Wildman–Crippen MR) is 124 cm³/mol. The molecule has 0 spiro atoms. The molecule has 3 aliphatic rings. The highest BCUT2D eigenvalue weighted by atomic mass is 35.5. The Morgan fingerprint density at radius 3 is 2.14 bits per heavy atom. The van der Waals surface area contributed by atoms with E-state index in [0.29, 0.717) is 28.6 Å². The third kappa shape index (κ3) is 5.47. The first-order chi connectivity index (χ1) is 13.3. The van der Waals surface area contributed by atoms with Crippen LogP contribution in [-0.4, -0.2) is 44.3 Å². The minimum atomic E-state index is -0.119. The number of hydrogen-bond acceptors (Lipinski definition) is 2. The van der Waals surface area contributed by atoms with Crippen molar-refractivity contribution in [3.8, 4) is 0 Å². The van der Waals surface area contributed by atoms with E-state index in [0.717, 1.165) is 39.1 Å². The van der Waals surface area contributed by atoms with Gasteiger partial charge in [-0.25, -0.2) is 0 Å². The fourth-order valence-corrected chi connectivity index (χ4v) is 6.41. The molecule has 4 rings (SSSR count). The molecule has 29 heavy (non-hydrogen) atoms. The average molecular weight is 423 g/mol. The van der Waals surface area contributed by atoms with Crippen molar-refractivity contribution < 1.29 is 4.39 Å². The highest BCUT2D eigenvalue weighted by Gasteiger charge is 2.40. The second-order valence-electron chi connectivity index (χ2n) is 11.4. The van der Waals surface area contributed by atoms with Crippen molar-refractivity contribution in [2.45, 2.75) is 59.3 Å². The standard InChI is InChI=1S/C25H39FN2.ClH/c1-24(2)14-21(15-25(3,4)18-24)22-7-5-6-8-23(22)28-11-9-27(10-12-28)17-20-13-19(20)16-26;/h5-8,19-21H,9-18H2,1-4H3;1H. The van der Waals surface area contributed by atoms with Gasteiger partial charge in [0, 0.05) is 38.4 Å². The fourth-order valence-electron chi connectivity index (χ4n) is 6.41. The Balaban J connectivity index is 0.00000240. The van der Waals surface area contributed by atoms with Gasteiger partial charge < -0.3 is 4.90 Å². The number of rotatable bonds is 5. The number of alkyl halides is 1. The average Bonchev–Trinajstić information content (AvgIpc) is 3.38. The normalized spacial score (nSPS) is 29.3. The van der Waals surface area contributed by atoms with E-state index in [4.69, 9.17) is 0 Å². The second-order valence-corrected chi connectivity index (χ2v) is 11.4. The van der Waals surface area contributed by atoms with Gasteiger partial charge >= 0.3 is 0 Å². The number of anilines is 1. The molecule has 3 fully saturated rings. The molecule has 2 nitrogen and oxygen atoms in total. The van der Waals surface area contributed by atoms with Gasteiger partial charge in [-0.1, -0.05) is 45.9 Å². The van der Waals surface area contributed by atoms with Gasteiger partial charge in [-0.15, -0.1) is 12.4 Å². The molecule has 0 aromatic heterocycles. The maximum atomic E-state index is 12.8. The molecule has 0 amide bonds. The van der Waals surface area contributed by atoms with Crippen LogP contribution in [0.1, 0.15) is 64.9 Å². The van der Waals surface area contributed by atoms with Crippen molar-refractivity contribution in [1.29, 1.82) is 0 Å². The van der Waals surface area contributed by atoms with Crippen LogP contribution in [0.5, 0.6) is 0 Å². The maximum absolute atomic E-state index is 12.8. The zero-order valence-corrected chi connectivity index (χ0v) is 19.6. The first-order valence-electron chi connectivity index (χ1n) is 11.4.